The van der Waals surface area contributed by atoms with Crippen LogP contribution in [-0.2, 0) is 9.53 Å². The van der Waals surface area contributed by atoms with E-state index in [4.69, 9.17) is 4.74 Å². The van der Waals surface area contributed by atoms with Crippen LogP contribution < -0.4 is 0 Å². The van der Waals surface area contributed by atoms with E-state index in [0.717, 1.165) is 13.1 Å². The zero-order valence-corrected chi connectivity index (χ0v) is 8.26. The number of ketones is 1. The summed E-state index contributed by atoms with van der Waals surface area (Å²) in [6.45, 7) is 7.21. The maximum atomic E-state index is 11.1. The minimum absolute atomic E-state index is 0.120. The fourth-order valence-electron chi connectivity index (χ4n) is 1.67. The highest BCUT2D eigenvalue weighted by Gasteiger charge is 2.33. The molecule has 1 atom stereocenters. The topological polar surface area (TPSA) is 29.5 Å². The number of likely N-dealkylation sites (N-methyl/N-ethyl adjacent to an activating group) is 1. The molecular weight excluding hydrogens is 154 g/mol. The Balaban J connectivity index is 2.64. The van der Waals surface area contributed by atoms with Crippen molar-refractivity contribution >= 4 is 5.78 Å². The van der Waals surface area contributed by atoms with Crippen molar-refractivity contribution in [2.75, 3.05) is 20.1 Å². The van der Waals surface area contributed by atoms with Gasteiger partial charge in [0.15, 0.2) is 5.78 Å². The van der Waals surface area contributed by atoms with Crippen molar-refractivity contribution in [1.82, 2.24) is 4.90 Å². The third kappa shape index (κ3) is 2.29. The molecule has 0 amide bonds. The number of carbonyl (C=O) groups excluding carboxylic acids is 1. The first-order valence-electron chi connectivity index (χ1n) is 4.27. The lowest BCUT2D eigenvalue weighted by Crippen LogP contribution is -2.53. The van der Waals surface area contributed by atoms with Crippen LogP contribution in [0.2, 0.25) is 0 Å². The molecule has 70 valence electrons. The van der Waals surface area contributed by atoms with Crippen molar-refractivity contribution in [3.8, 4) is 0 Å². The molecule has 1 aliphatic rings. The second-order valence-electron chi connectivity index (χ2n) is 4.17. The Hall–Kier alpha value is -0.410. The maximum absolute atomic E-state index is 11.1. The molecule has 0 aromatic heterocycles. The molecule has 0 radical (unpaired) electrons. The molecule has 1 aliphatic heterocycles. The smallest absolute Gasteiger partial charge is 0.159 e. The van der Waals surface area contributed by atoms with Crippen molar-refractivity contribution < 1.29 is 9.53 Å². The Morgan fingerprint density at radius 1 is 1.58 bits per heavy atom. The first kappa shape index (κ1) is 9.68. The summed E-state index contributed by atoms with van der Waals surface area (Å²) in [7, 11) is 2.01. The van der Waals surface area contributed by atoms with E-state index in [1.54, 1.807) is 6.92 Å². The number of rotatable bonds is 1. The molecule has 3 heteroatoms. The third-order valence-corrected chi connectivity index (χ3v) is 2.04. The Kier molecular flexibility index (Phi) is 2.54. The average Bonchev–Trinajstić information content (AvgIpc) is 1.82. The molecule has 12 heavy (non-hydrogen) atoms. The minimum atomic E-state index is -0.237. The van der Waals surface area contributed by atoms with Gasteiger partial charge < -0.3 is 9.64 Å². The van der Waals surface area contributed by atoms with Crippen LogP contribution in [0.3, 0.4) is 0 Å². The Labute approximate surface area is 73.7 Å². The van der Waals surface area contributed by atoms with Crippen molar-refractivity contribution in [1.29, 1.82) is 0 Å². The molecule has 1 heterocycles. The van der Waals surface area contributed by atoms with E-state index in [0.29, 0.717) is 0 Å². The molecule has 1 rings (SSSR count). The summed E-state index contributed by atoms with van der Waals surface area (Å²) in [6.07, 6.45) is -0.237. The van der Waals surface area contributed by atoms with Crippen molar-refractivity contribution in [3.05, 3.63) is 0 Å². The maximum Gasteiger partial charge on any atom is 0.159 e. The fraction of sp³-hybridized carbons (Fsp3) is 0.889. The second-order valence-corrected chi connectivity index (χ2v) is 4.17. The summed E-state index contributed by atoms with van der Waals surface area (Å²) >= 11 is 0. The van der Waals surface area contributed by atoms with Gasteiger partial charge in [-0.05, 0) is 27.8 Å². The van der Waals surface area contributed by atoms with Crippen molar-refractivity contribution in [3.63, 3.8) is 0 Å². The predicted molar refractivity (Wildman–Crippen MR) is 47.1 cm³/mol. The lowest BCUT2D eigenvalue weighted by Gasteiger charge is -2.40. The van der Waals surface area contributed by atoms with Gasteiger partial charge in [-0.2, -0.15) is 0 Å². The van der Waals surface area contributed by atoms with E-state index in [9.17, 15) is 4.79 Å². The number of hydrogen-bond donors (Lipinski definition) is 0. The van der Waals surface area contributed by atoms with Crippen LogP contribution in [0.1, 0.15) is 20.8 Å². The van der Waals surface area contributed by atoms with E-state index in [1.165, 1.54) is 0 Å². The third-order valence-electron chi connectivity index (χ3n) is 2.04. The van der Waals surface area contributed by atoms with Gasteiger partial charge in [-0.3, -0.25) is 4.79 Å². The SMILES string of the molecule is CC(=O)[C@@H]1CN(C)CC(C)(C)O1. The van der Waals surface area contributed by atoms with Crippen LogP contribution in [-0.4, -0.2) is 42.5 Å². The molecule has 0 unspecified atom stereocenters. The van der Waals surface area contributed by atoms with Gasteiger partial charge in [-0.1, -0.05) is 0 Å². The summed E-state index contributed by atoms with van der Waals surface area (Å²) in [5.41, 5.74) is -0.191. The number of morpholine rings is 1. The molecule has 3 nitrogen and oxygen atoms in total. The standard InChI is InChI=1S/C9H17NO2/c1-7(11)8-5-10(4)6-9(2,3)12-8/h8H,5-6H2,1-4H3/t8-/m0/s1. The largest absolute Gasteiger partial charge is 0.362 e. The number of nitrogens with zero attached hydrogens (tertiary/aromatic N) is 1. The predicted octanol–water partition coefficient (Wildman–Crippen LogP) is 0.685. The second kappa shape index (κ2) is 3.15. The highest BCUT2D eigenvalue weighted by Crippen LogP contribution is 2.19. The van der Waals surface area contributed by atoms with E-state index in [-0.39, 0.29) is 17.5 Å². The van der Waals surface area contributed by atoms with Gasteiger partial charge in [-0.25, -0.2) is 0 Å². The first-order chi connectivity index (χ1) is 5.41. The number of carbonyl (C=O) groups is 1. The highest BCUT2D eigenvalue weighted by molar-refractivity contribution is 5.80. The summed E-state index contributed by atoms with van der Waals surface area (Å²) < 4.78 is 5.61. The lowest BCUT2D eigenvalue weighted by molar-refractivity contribution is -0.157. The molecule has 0 aromatic carbocycles. The van der Waals surface area contributed by atoms with Crippen LogP contribution in [0, 0.1) is 0 Å². The van der Waals surface area contributed by atoms with E-state index >= 15 is 0 Å². The normalized spacial score (nSPS) is 30.2. The molecule has 0 spiro atoms. The molecule has 0 bridgehead atoms. The lowest BCUT2D eigenvalue weighted by atomic mass is 10.0. The first-order valence-corrected chi connectivity index (χ1v) is 4.27. The van der Waals surface area contributed by atoms with Crippen LogP contribution in [0.25, 0.3) is 0 Å². The Bertz CT molecular complexity index is 189. The molecule has 0 saturated carbocycles. The van der Waals surface area contributed by atoms with Gasteiger partial charge in [0, 0.05) is 13.1 Å². The minimum Gasteiger partial charge on any atom is -0.362 e. The van der Waals surface area contributed by atoms with Gasteiger partial charge in [0.05, 0.1) is 5.60 Å². The molecule has 0 aliphatic carbocycles. The molecule has 1 fully saturated rings. The number of hydrogen-bond acceptors (Lipinski definition) is 3. The summed E-state index contributed by atoms with van der Waals surface area (Å²) in [5, 5.41) is 0. The zero-order chi connectivity index (χ0) is 9.35. The van der Waals surface area contributed by atoms with Gasteiger partial charge in [0.25, 0.3) is 0 Å². The van der Waals surface area contributed by atoms with Crippen LogP contribution in [0.15, 0.2) is 0 Å². The monoisotopic (exact) mass is 171 g/mol. The Morgan fingerprint density at radius 2 is 2.17 bits per heavy atom. The highest BCUT2D eigenvalue weighted by atomic mass is 16.5. The van der Waals surface area contributed by atoms with Crippen LogP contribution in [0.5, 0.6) is 0 Å². The van der Waals surface area contributed by atoms with Gasteiger partial charge in [0.1, 0.15) is 6.10 Å². The molecule has 0 N–H and O–H groups in total. The summed E-state index contributed by atoms with van der Waals surface area (Å²) in [6, 6.07) is 0. The quantitative estimate of drug-likeness (QED) is 0.581. The van der Waals surface area contributed by atoms with Gasteiger partial charge in [0.2, 0.25) is 0 Å². The molecule has 1 saturated heterocycles. The van der Waals surface area contributed by atoms with E-state index in [1.807, 2.05) is 20.9 Å². The van der Waals surface area contributed by atoms with Crippen LogP contribution >= 0.6 is 0 Å². The number of Topliss-reactive ketones (excluding diaryl/α,β-unsaturated/α-hetero) is 1. The summed E-state index contributed by atoms with van der Waals surface area (Å²) in [4.78, 5) is 13.2. The van der Waals surface area contributed by atoms with Gasteiger partial charge >= 0.3 is 0 Å². The van der Waals surface area contributed by atoms with Crippen molar-refractivity contribution in [2.24, 2.45) is 0 Å². The number of ether oxygens (including phenoxy) is 1. The Morgan fingerprint density at radius 3 is 2.58 bits per heavy atom. The van der Waals surface area contributed by atoms with E-state index in [2.05, 4.69) is 4.90 Å². The summed E-state index contributed by atoms with van der Waals surface area (Å²) in [5.74, 6) is 0.120. The van der Waals surface area contributed by atoms with Crippen LogP contribution in [0.4, 0.5) is 0 Å². The van der Waals surface area contributed by atoms with E-state index < -0.39 is 0 Å². The zero-order valence-electron chi connectivity index (χ0n) is 8.26. The average molecular weight is 171 g/mol. The molecule has 0 aromatic rings. The van der Waals surface area contributed by atoms with Gasteiger partial charge in [-0.15, -0.1) is 0 Å². The fourth-order valence-corrected chi connectivity index (χ4v) is 1.67. The van der Waals surface area contributed by atoms with Crippen molar-refractivity contribution in [2.45, 2.75) is 32.5 Å². The molecular formula is C9H17NO2.